The molecule has 0 radical (unpaired) electrons. The number of hydrogen-bond donors (Lipinski definition) is 4. The average Bonchev–Trinajstić information content (AvgIpc) is 2.54. The molecule has 0 unspecified atom stereocenters. The van der Waals surface area contributed by atoms with Crippen molar-refractivity contribution in [3.05, 3.63) is 52.8 Å². The van der Waals surface area contributed by atoms with Crippen LogP contribution >= 0.6 is 0 Å². The number of nitrogens with one attached hydrogen (secondary N) is 1. The summed E-state index contributed by atoms with van der Waals surface area (Å²) in [7, 11) is 0. The standard InChI is InChI=1S/C17H17F3N4O2/c1-16(2,26)10-7-11(22)9(8-21)6-13(10)24-15(25)12-4-3-5-14(23-12)17(18,19)20/h3-8,21,26H,22H2,1-2H3,(H,24,25)/p+1. The van der Waals surface area contributed by atoms with Crippen LogP contribution in [0.4, 0.5) is 24.5 Å². The summed E-state index contributed by atoms with van der Waals surface area (Å²) in [6.45, 7) is 2.96. The van der Waals surface area contributed by atoms with Gasteiger partial charge in [0.05, 0.1) is 11.2 Å². The van der Waals surface area contributed by atoms with Gasteiger partial charge in [0, 0.05) is 16.9 Å². The zero-order valence-electron chi connectivity index (χ0n) is 14.1. The summed E-state index contributed by atoms with van der Waals surface area (Å²) in [4.78, 5) is 15.7. The van der Waals surface area contributed by atoms with Crippen molar-refractivity contribution in [1.29, 1.82) is 0 Å². The van der Waals surface area contributed by atoms with Gasteiger partial charge in [-0.2, -0.15) is 13.2 Å². The van der Waals surface area contributed by atoms with Crippen molar-refractivity contribution in [2.75, 3.05) is 11.1 Å². The first-order chi connectivity index (χ1) is 11.9. The topological polar surface area (TPSA) is 114 Å². The molecule has 138 valence electrons. The third kappa shape index (κ3) is 4.17. The number of aromatic nitrogens is 1. The average molecular weight is 367 g/mol. The molecule has 0 spiro atoms. The number of rotatable bonds is 4. The molecule has 1 aromatic heterocycles. The minimum Gasteiger partial charge on any atom is -0.398 e. The fourth-order valence-corrected chi connectivity index (χ4v) is 2.29. The number of carbonyl (C=O) groups is 1. The number of anilines is 2. The second-order valence-electron chi connectivity index (χ2n) is 6.11. The Morgan fingerprint density at radius 2 is 1.96 bits per heavy atom. The van der Waals surface area contributed by atoms with E-state index in [4.69, 9.17) is 11.1 Å². The number of aliphatic hydroxyl groups is 1. The maximum Gasteiger partial charge on any atom is 0.433 e. The largest absolute Gasteiger partial charge is 0.433 e. The van der Waals surface area contributed by atoms with Crippen molar-refractivity contribution >= 4 is 23.5 Å². The molecule has 0 aliphatic carbocycles. The number of nitrogens with zero attached hydrogens (tertiary/aromatic N) is 1. The lowest BCUT2D eigenvalue weighted by molar-refractivity contribution is -0.141. The lowest BCUT2D eigenvalue weighted by Crippen LogP contribution is -2.31. The fourth-order valence-electron chi connectivity index (χ4n) is 2.29. The molecule has 0 saturated heterocycles. The van der Waals surface area contributed by atoms with Gasteiger partial charge in [-0.25, -0.2) is 4.98 Å². The van der Waals surface area contributed by atoms with Crippen LogP contribution in [0.25, 0.3) is 0 Å². The highest BCUT2D eigenvalue weighted by Gasteiger charge is 2.33. The lowest BCUT2D eigenvalue weighted by atomic mass is 9.94. The van der Waals surface area contributed by atoms with Crippen molar-refractivity contribution in [3.8, 4) is 0 Å². The number of pyridine rings is 1. The summed E-state index contributed by atoms with van der Waals surface area (Å²) in [5, 5.41) is 18.2. The van der Waals surface area contributed by atoms with Gasteiger partial charge in [-0.05, 0) is 38.1 Å². The van der Waals surface area contributed by atoms with E-state index in [2.05, 4.69) is 10.3 Å². The summed E-state index contributed by atoms with van der Waals surface area (Å²) < 4.78 is 38.3. The number of nitrogens with two attached hydrogens (primary N) is 2. The smallest absolute Gasteiger partial charge is 0.398 e. The van der Waals surface area contributed by atoms with E-state index in [9.17, 15) is 23.1 Å². The molecule has 6 nitrogen and oxygen atoms in total. The highest BCUT2D eigenvalue weighted by Crippen LogP contribution is 2.32. The maximum atomic E-state index is 12.8. The van der Waals surface area contributed by atoms with Crippen molar-refractivity contribution < 1.29 is 28.5 Å². The minimum atomic E-state index is -4.67. The van der Waals surface area contributed by atoms with Gasteiger partial charge < -0.3 is 16.2 Å². The van der Waals surface area contributed by atoms with E-state index < -0.39 is 29.1 Å². The number of benzene rings is 1. The fraction of sp³-hybridized carbons (Fsp3) is 0.235. The van der Waals surface area contributed by atoms with E-state index in [1.807, 2.05) is 0 Å². The van der Waals surface area contributed by atoms with E-state index in [1.54, 1.807) is 0 Å². The summed E-state index contributed by atoms with van der Waals surface area (Å²) in [5.74, 6) is -0.866. The SMILES string of the molecule is CC(C)(O)c1cc(N)c(C=[NH2+])cc1NC(=O)c1cccc(C(F)(F)F)n1. The number of amides is 1. The molecule has 9 heteroatoms. The predicted octanol–water partition coefficient (Wildman–Crippen LogP) is 1.34. The summed E-state index contributed by atoms with van der Waals surface area (Å²) in [6, 6.07) is 5.87. The molecule has 1 heterocycles. The number of alkyl halides is 3. The van der Waals surface area contributed by atoms with Gasteiger partial charge in [-0.1, -0.05) is 6.07 Å². The van der Waals surface area contributed by atoms with Gasteiger partial charge in [-0.3, -0.25) is 10.2 Å². The van der Waals surface area contributed by atoms with Crippen LogP contribution in [0, 0.1) is 0 Å². The molecule has 0 atom stereocenters. The van der Waals surface area contributed by atoms with E-state index >= 15 is 0 Å². The minimum absolute atomic E-state index is 0.160. The molecule has 0 aliphatic heterocycles. The molecule has 2 aromatic rings. The van der Waals surface area contributed by atoms with Crippen molar-refractivity contribution in [1.82, 2.24) is 4.98 Å². The molecular weight excluding hydrogens is 349 g/mol. The number of hydrogen-bond acceptors (Lipinski definition) is 4. The molecule has 2 rings (SSSR count). The third-order valence-electron chi connectivity index (χ3n) is 3.58. The summed E-state index contributed by atoms with van der Waals surface area (Å²) >= 11 is 0. The second kappa shape index (κ2) is 6.75. The van der Waals surface area contributed by atoms with Gasteiger partial charge in [0.15, 0.2) is 6.21 Å². The molecule has 0 fully saturated rings. The van der Waals surface area contributed by atoms with Crippen LogP contribution in [-0.2, 0) is 11.8 Å². The van der Waals surface area contributed by atoms with Gasteiger partial charge in [0.1, 0.15) is 11.4 Å². The van der Waals surface area contributed by atoms with Crippen molar-refractivity contribution in [2.24, 2.45) is 0 Å². The molecule has 6 N–H and O–H groups in total. The van der Waals surface area contributed by atoms with Crippen LogP contribution in [0.5, 0.6) is 0 Å². The van der Waals surface area contributed by atoms with Crippen LogP contribution in [0.15, 0.2) is 30.3 Å². The van der Waals surface area contributed by atoms with Crippen LogP contribution < -0.4 is 16.5 Å². The predicted molar refractivity (Wildman–Crippen MR) is 90.4 cm³/mol. The van der Waals surface area contributed by atoms with Gasteiger partial charge >= 0.3 is 6.18 Å². The van der Waals surface area contributed by atoms with Crippen LogP contribution in [-0.4, -0.2) is 22.2 Å². The maximum absolute atomic E-state index is 12.8. The first-order valence-corrected chi connectivity index (χ1v) is 7.50. The van der Waals surface area contributed by atoms with E-state index in [1.165, 1.54) is 32.2 Å². The zero-order valence-corrected chi connectivity index (χ0v) is 14.1. The van der Waals surface area contributed by atoms with Crippen molar-refractivity contribution in [2.45, 2.75) is 25.6 Å². The molecule has 1 amide bonds. The zero-order chi connectivity index (χ0) is 19.7. The molecular formula is C17H18F3N4O2+. The monoisotopic (exact) mass is 367 g/mol. The van der Waals surface area contributed by atoms with Crippen LogP contribution in [0.1, 0.15) is 41.2 Å². The van der Waals surface area contributed by atoms with Crippen LogP contribution in [0.2, 0.25) is 0 Å². The first kappa shape index (κ1) is 19.4. The van der Waals surface area contributed by atoms with E-state index in [0.717, 1.165) is 18.2 Å². The van der Waals surface area contributed by atoms with Crippen molar-refractivity contribution in [3.63, 3.8) is 0 Å². The number of carbonyl (C=O) groups excluding carboxylic acids is 1. The van der Waals surface area contributed by atoms with Crippen LogP contribution in [0.3, 0.4) is 0 Å². The summed E-state index contributed by atoms with van der Waals surface area (Å²) in [6.07, 6.45) is -3.46. The number of nitrogen functional groups attached to an aromatic ring is 1. The highest BCUT2D eigenvalue weighted by atomic mass is 19.4. The molecule has 0 bridgehead atoms. The second-order valence-corrected chi connectivity index (χ2v) is 6.11. The first-order valence-electron chi connectivity index (χ1n) is 7.50. The normalized spacial score (nSPS) is 11.9. The van der Waals surface area contributed by atoms with Gasteiger partial charge in [0.25, 0.3) is 5.91 Å². The molecule has 1 aromatic carbocycles. The summed E-state index contributed by atoms with van der Waals surface area (Å²) in [5.41, 5.74) is 3.98. The Kier molecular flexibility index (Phi) is 5.04. The van der Waals surface area contributed by atoms with E-state index in [-0.39, 0.29) is 16.9 Å². The Labute approximate surface area is 147 Å². The lowest BCUT2D eigenvalue weighted by Gasteiger charge is -2.23. The highest BCUT2D eigenvalue weighted by molar-refractivity contribution is 6.04. The Bertz CT molecular complexity index is 858. The number of halogens is 3. The Morgan fingerprint density at radius 3 is 2.50 bits per heavy atom. The molecule has 0 saturated carbocycles. The molecule has 26 heavy (non-hydrogen) atoms. The Morgan fingerprint density at radius 1 is 1.31 bits per heavy atom. The van der Waals surface area contributed by atoms with E-state index in [0.29, 0.717) is 5.56 Å². The van der Waals surface area contributed by atoms with Gasteiger partial charge in [0.2, 0.25) is 0 Å². The third-order valence-corrected chi connectivity index (χ3v) is 3.58. The quantitative estimate of drug-likeness (QED) is 0.482. The van der Waals surface area contributed by atoms with Gasteiger partial charge in [-0.15, -0.1) is 0 Å². The Balaban J connectivity index is 2.45. The molecule has 0 aliphatic rings. The Hall–Kier alpha value is -2.94.